The van der Waals surface area contributed by atoms with Gasteiger partial charge in [-0.25, -0.2) is 4.98 Å². The summed E-state index contributed by atoms with van der Waals surface area (Å²) in [7, 11) is 0. The molecule has 0 bridgehead atoms. The van der Waals surface area contributed by atoms with Crippen molar-refractivity contribution in [1.29, 1.82) is 0 Å². The molecular formula is C14H12N2O. The van der Waals surface area contributed by atoms with E-state index in [0.717, 1.165) is 16.7 Å². The molecule has 0 spiro atoms. The number of anilines is 1. The summed E-state index contributed by atoms with van der Waals surface area (Å²) in [6.45, 7) is 2.05. The number of aromatic nitrogens is 1. The van der Waals surface area contributed by atoms with Crippen LogP contribution in [0.1, 0.15) is 5.56 Å². The first-order valence-corrected chi connectivity index (χ1v) is 5.45. The van der Waals surface area contributed by atoms with Crippen LogP contribution in [0, 0.1) is 6.92 Å². The molecule has 17 heavy (non-hydrogen) atoms. The van der Waals surface area contributed by atoms with Gasteiger partial charge in [-0.3, -0.25) is 0 Å². The van der Waals surface area contributed by atoms with Gasteiger partial charge in [0, 0.05) is 17.3 Å². The lowest BCUT2D eigenvalue weighted by molar-refractivity contribution is 0.620. The monoisotopic (exact) mass is 224 g/mol. The third-order valence-electron chi connectivity index (χ3n) is 2.71. The predicted octanol–water partition coefficient (Wildman–Crippen LogP) is 3.39. The fraction of sp³-hybridized carbons (Fsp3) is 0.0714. The summed E-state index contributed by atoms with van der Waals surface area (Å²) in [4.78, 5) is 4.43. The van der Waals surface area contributed by atoms with Crippen molar-refractivity contribution in [3.63, 3.8) is 0 Å². The number of nitrogens with zero attached hydrogens (tertiary/aromatic N) is 1. The van der Waals surface area contributed by atoms with Gasteiger partial charge in [0.05, 0.1) is 0 Å². The van der Waals surface area contributed by atoms with Crippen LogP contribution in [0.15, 0.2) is 46.9 Å². The normalized spacial score (nSPS) is 10.9. The molecule has 0 aliphatic carbocycles. The highest BCUT2D eigenvalue weighted by atomic mass is 16.3. The van der Waals surface area contributed by atoms with E-state index in [9.17, 15) is 0 Å². The number of benzene rings is 2. The third kappa shape index (κ3) is 1.76. The molecule has 0 saturated heterocycles. The van der Waals surface area contributed by atoms with Crippen LogP contribution in [0.3, 0.4) is 0 Å². The molecule has 84 valence electrons. The Bertz CT molecular complexity index is 668. The van der Waals surface area contributed by atoms with Crippen molar-refractivity contribution < 1.29 is 4.42 Å². The Balaban J connectivity index is 2.14. The third-order valence-corrected chi connectivity index (χ3v) is 2.71. The van der Waals surface area contributed by atoms with Gasteiger partial charge in [0.15, 0.2) is 5.58 Å². The zero-order chi connectivity index (χ0) is 11.8. The molecule has 3 rings (SSSR count). The van der Waals surface area contributed by atoms with Crippen LogP contribution in [0.2, 0.25) is 0 Å². The van der Waals surface area contributed by atoms with Crippen LogP contribution in [0.5, 0.6) is 0 Å². The summed E-state index contributed by atoms with van der Waals surface area (Å²) in [6.07, 6.45) is 0. The fourth-order valence-corrected chi connectivity index (χ4v) is 1.76. The van der Waals surface area contributed by atoms with E-state index in [-0.39, 0.29) is 0 Å². The van der Waals surface area contributed by atoms with Crippen molar-refractivity contribution >= 4 is 16.8 Å². The molecule has 3 aromatic rings. The number of nitrogen functional groups attached to an aromatic ring is 1. The summed E-state index contributed by atoms with van der Waals surface area (Å²) in [5, 5.41) is 0. The molecular weight excluding hydrogens is 212 g/mol. The summed E-state index contributed by atoms with van der Waals surface area (Å²) in [5.74, 6) is 0.630. The minimum atomic E-state index is 0.630. The molecule has 2 aromatic carbocycles. The Morgan fingerprint density at radius 3 is 2.59 bits per heavy atom. The highest BCUT2D eigenvalue weighted by molar-refractivity contribution is 5.79. The Morgan fingerprint density at radius 2 is 1.82 bits per heavy atom. The number of hydrogen-bond acceptors (Lipinski definition) is 3. The van der Waals surface area contributed by atoms with E-state index in [1.54, 1.807) is 6.07 Å². The van der Waals surface area contributed by atoms with E-state index in [4.69, 9.17) is 10.2 Å². The lowest BCUT2D eigenvalue weighted by atomic mass is 10.1. The van der Waals surface area contributed by atoms with Gasteiger partial charge in [-0.15, -0.1) is 0 Å². The molecule has 0 aliphatic rings. The molecule has 0 aliphatic heterocycles. The van der Waals surface area contributed by atoms with Gasteiger partial charge in [-0.2, -0.15) is 0 Å². The molecule has 0 radical (unpaired) electrons. The van der Waals surface area contributed by atoms with Crippen LogP contribution in [-0.2, 0) is 0 Å². The Kier molecular flexibility index (Phi) is 2.11. The van der Waals surface area contributed by atoms with E-state index >= 15 is 0 Å². The maximum absolute atomic E-state index is 5.70. The van der Waals surface area contributed by atoms with Gasteiger partial charge in [0.1, 0.15) is 5.52 Å². The summed E-state index contributed by atoms with van der Waals surface area (Å²) < 4.78 is 5.68. The van der Waals surface area contributed by atoms with Crippen LogP contribution in [0.25, 0.3) is 22.6 Å². The number of fused-ring (bicyclic) bond motifs is 1. The van der Waals surface area contributed by atoms with Crippen molar-refractivity contribution in [2.24, 2.45) is 0 Å². The maximum atomic E-state index is 5.70. The molecule has 2 N–H and O–H groups in total. The maximum Gasteiger partial charge on any atom is 0.227 e. The minimum Gasteiger partial charge on any atom is -0.436 e. The first-order chi connectivity index (χ1) is 8.22. The van der Waals surface area contributed by atoms with E-state index in [2.05, 4.69) is 11.9 Å². The van der Waals surface area contributed by atoms with Gasteiger partial charge >= 0.3 is 0 Å². The highest BCUT2D eigenvalue weighted by Crippen LogP contribution is 2.25. The number of hydrogen-bond donors (Lipinski definition) is 1. The zero-order valence-electron chi connectivity index (χ0n) is 9.47. The van der Waals surface area contributed by atoms with Gasteiger partial charge in [0.2, 0.25) is 5.89 Å². The van der Waals surface area contributed by atoms with Crippen LogP contribution >= 0.6 is 0 Å². The van der Waals surface area contributed by atoms with Crippen molar-refractivity contribution in [2.75, 3.05) is 5.73 Å². The molecule has 0 unspecified atom stereocenters. The predicted molar refractivity (Wildman–Crippen MR) is 68.6 cm³/mol. The summed E-state index contributed by atoms with van der Waals surface area (Å²) >= 11 is 0. The van der Waals surface area contributed by atoms with Crippen LogP contribution in [0.4, 0.5) is 5.69 Å². The van der Waals surface area contributed by atoms with Gasteiger partial charge in [-0.1, -0.05) is 17.7 Å². The summed E-state index contributed by atoms with van der Waals surface area (Å²) in [6, 6.07) is 13.6. The Morgan fingerprint density at radius 1 is 1.06 bits per heavy atom. The molecule has 3 heteroatoms. The van der Waals surface area contributed by atoms with Crippen molar-refractivity contribution in [3.8, 4) is 11.5 Å². The van der Waals surface area contributed by atoms with E-state index in [1.807, 2.05) is 36.4 Å². The van der Waals surface area contributed by atoms with E-state index in [1.165, 1.54) is 5.56 Å². The number of aryl methyl sites for hydroxylation is 1. The average Bonchev–Trinajstić information content (AvgIpc) is 2.72. The van der Waals surface area contributed by atoms with Crippen LogP contribution in [-0.4, -0.2) is 4.98 Å². The first kappa shape index (κ1) is 9.90. The van der Waals surface area contributed by atoms with Crippen LogP contribution < -0.4 is 5.73 Å². The van der Waals surface area contributed by atoms with Gasteiger partial charge < -0.3 is 10.2 Å². The summed E-state index contributed by atoms with van der Waals surface area (Å²) in [5.41, 5.74) is 10.1. The van der Waals surface area contributed by atoms with Gasteiger partial charge in [-0.05, 0) is 31.2 Å². The molecule has 1 heterocycles. The second-order valence-electron chi connectivity index (χ2n) is 4.11. The Labute approximate surface area is 98.9 Å². The number of oxazole rings is 1. The quantitative estimate of drug-likeness (QED) is 0.644. The largest absolute Gasteiger partial charge is 0.436 e. The second-order valence-corrected chi connectivity index (χ2v) is 4.11. The molecule has 0 fully saturated rings. The molecule has 0 saturated carbocycles. The lowest BCUT2D eigenvalue weighted by Crippen LogP contribution is -1.81. The lowest BCUT2D eigenvalue weighted by Gasteiger charge is -1.95. The fourth-order valence-electron chi connectivity index (χ4n) is 1.76. The SMILES string of the molecule is Cc1ccc(-c2nc3ccc(N)cc3o2)cc1. The number of rotatable bonds is 1. The average molecular weight is 224 g/mol. The van der Waals surface area contributed by atoms with Crippen molar-refractivity contribution in [3.05, 3.63) is 48.0 Å². The highest BCUT2D eigenvalue weighted by Gasteiger charge is 2.07. The number of nitrogens with two attached hydrogens (primary N) is 1. The zero-order valence-corrected chi connectivity index (χ0v) is 9.47. The van der Waals surface area contributed by atoms with E-state index in [0.29, 0.717) is 11.6 Å². The molecule has 0 amide bonds. The minimum absolute atomic E-state index is 0.630. The smallest absolute Gasteiger partial charge is 0.227 e. The topological polar surface area (TPSA) is 52.0 Å². The second kappa shape index (κ2) is 3.63. The molecule has 3 nitrogen and oxygen atoms in total. The first-order valence-electron chi connectivity index (χ1n) is 5.45. The standard InChI is InChI=1S/C14H12N2O/c1-9-2-4-10(5-3-9)14-16-12-7-6-11(15)8-13(12)17-14/h2-8H,15H2,1H3. The van der Waals surface area contributed by atoms with Crippen molar-refractivity contribution in [2.45, 2.75) is 6.92 Å². The van der Waals surface area contributed by atoms with Gasteiger partial charge in [0.25, 0.3) is 0 Å². The Hall–Kier alpha value is -2.29. The van der Waals surface area contributed by atoms with Crippen molar-refractivity contribution in [1.82, 2.24) is 4.98 Å². The van der Waals surface area contributed by atoms with E-state index < -0.39 is 0 Å². The molecule has 1 aromatic heterocycles. The molecule has 0 atom stereocenters.